The molecule has 3 rings (SSSR count). The predicted octanol–water partition coefficient (Wildman–Crippen LogP) is 2.56. The summed E-state index contributed by atoms with van der Waals surface area (Å²) in [6.45, 7) is 8.15. The number of piperazine rings is 1. The van der Waals surface area contributed by atoms with E-state index in [9.17, 15) is 9.90 Å². The number of anilines is 1. The van der Waals surface area contributed by atoms with Gasteiger partial charge in [-0.15, -0.1) is 0 Å². The van der Waals surface area contributed by atoms with E-state index in [4.69, 9.17) is 4.74 Å². The Morgan fingerprint density at radius 1 is 1.19 bits per heavy atom. The monoisotopic (exact) mass is 372 g/mol. The molecule has 1 atom stereocenters. The fourth-order valence-corrected chi connectivity index (χ4v) is 3.24. The van der Waals surface area contributed by atoms with Crippen molar-refractivity contribution in [2.75, 3.05) is 31.1 Å². The summed E-state index contributed by atoms with van der Waals surface area (Å²) in [5.41, 5.74) is 1.29. The van der Waals surface area contributed by atoms with Gasteiger partial charge in [-0.1, -0.05) is 18.2 Å². The van der Waals surface area contributed by atoms with Gasteiger partial charge in [-0.3, -0.25) is 0 Å². The van der Waals surface area contributed by atoms with E-state index in [0.717, 1.165) is 11.3 Å². The van der Waals surface area contributed by atoms with E-state index in [2.05, 4.69) is 9.88 Å². The molecule has 1 aromatic carbocycles. The number of imidazole rings is 1. The standard InChI is InChI=1S/C20H28N4O3/c1-20(2,3)27-19(26)24-13-11-23(12-14-24)16-8-6-5-7-15(16)17(25)18-21-9-10-22(18)4/h5-10,17,25H,11-14H2,1-4H3. The van der Waals surface area contributed by atoms with Crippen molar-refractivity contribution in [1.82, 2.24) is 14.5 Å². The number of aliphatic hydroxyl groups is 1. The number of para-hydroxylation sites is 1. The number of aliphatic hydroxyl groups excluding tert-OH is 1. The Hall–Kier alpha value is -2.54. The number of ether oxygens (including phenoxy) is 1. The van der Waals surface area contributed by atoms with Crippen LogP contribution in [-0.4, -0.2) is 57.4 Å². The summed E-state index contributed by atoms with van der Waals surface area (Å²) in [7, 11) is 1.87. The van der Waals surface area contributed by atoms with E-state index in [0.29, 0.717) is 32.0 Å². The summed E-state index contributed by atoms with van der Waals surface area (Å²) < 4.78 is 7.28. The number of amides is 1. The summed E-state index contributed by atoms with van der Waals surface area (Å²) in [5, 5.41) is 10.8. The van der Waals surface area contributed by atoms with Crippen molar-refractivity contribution in [3.8, 4) is 0 Å². The average molecular weight is 372 g/mol. The maximum absolute atomic E-state index is 12.3. The molecule has 1 fully saturated rings. The lowest BCUT2D eigenvalue weighted by Crippen LogP contribution is -2.50. The van der Waals surface area contributed by atoms with Gasteiger partial charge >= 0.3 is 6.09 Å². The highest BCUT2D eigenvalue weighted by atomic mass is 16.6. The van der Waals surface area contributed by atoms with Gasteiger partial charge in [0, 0.05) is 56.9 Å². The molecule has 1 unspecified atom stereocenters. The van der Waals surface area contributed by atoms with Crippen molar-refractivity contribution < 1.29 is 14.6 Å². The molecule has 0 bridgehead atoms. The molecule has 7 heteroatoms. The van der Waals surface area contributed by atoms with E-state index in [-0.39, 0.29) is 6.09 Å². The van der Waals surface area contributed by atoms with Crippen LogP contribution >= 0.6 is 0 Å². The Kier molecular flexibility index (Phi) is 5.41. The maximum Gasteiger partial charge on any atom is 0.410 e. The van der Waals surface area contributed by atoms with E-state index in [1.165, 1.54) is 0 Å². The Morgan fingerprint density at radius 3 is 2.44 bits per heavy atom. The second-order valence-electron chi connectivity index (χ2n) is 7.81. The summed E-state index contributed by atoms with van der Waals surface area (Å²) in [6, 6.07) is 7.81. The van der Waals surface area contributed by atoms with E-state index in [1.54, 1.807) is 11.1 Å². The van der Waals surface area contributed by atoms with Gasteiger partial charge in [0.15, 0.2) is 0 Å². The largest absolute Gasteiger partial charge is 0.444 e. The molecule has 1 aliphatic heterocycles. The highest BCUT2D eigenvalue weighted by Crippen LogP contribution is 2.30. The van der Waals surface area contributed by atoms with Gasteiger partial charge in [-0.25, -0.2) is 9.78 Å². The Morgan fingerprint density at radius 2 is 1.85 bits per heavy atom. The first-order valence-corrected chi connectivity index (χ1v) is 9.23. The van der Waals surface area contributed by atoms with Crippen LogP contribution in [0.2, 0.25) is 0 Å². The molecule has 7 nitrogen and oxygen atoms in total. The lowest BCUT2D eigenvalue weighted by molar-refractivity contribution is 0.0240. The smallest absolute Gasteiger partial charge is 0.410 e. The van der Waals surface area contributed by atoms with Gasteiger partial charge in [0.1, 0.15) is 17.5 Å². The molecule has 0 radical (unpaired) electrons. The number of aromatic nitrogens is 2. The SMILES string of the molecule is Cn1ccnc1C(O)c1ccccc1N1CCN(C(=O)OC(C)(C)C)CC1. The van der Waals surface area contributed by atoms with Gasteiger partial charge in [-0.05, 0) is 26.8 Å². The Balaban J connectivity index is 1.72. The number of hydrogen-bond acceptors (Lipinski definition) is 5. The normalized spacial score (nSPS) is 16.3. The Labute approximate surface area is 160 Å². The first kappa shape index (κ1) is 19.2. The molecule has 0 aliphatic carbocycles. The van der Waals surface area contributed by atoms with Gasteiger partial charge in [0.25, 0.3) is 0 Å². The second kappa shape index (κ2) is 7.60. The van der Waals surface area contributed by atoms with Crippen molar-refractivity contribution in [3.63, 3.8) is 0 Å². The van der Waals surface area contributed by atoms with E-state index in [1.807, 2.05) is 62.8 Å². The fraction of sp³-hybridized carbons (Fsp3) is 0.500. The van der Waals surface area contributed by atoms with Crippen LogP contribution in [0.15, 0.2) is 36.7 Å². The molecule has 0 spiro atoms. The fourth-order valence-electron chi connectivity index (χ4n) is 3.24. The van der Waals surface area contributed by atoms with E-state index < -0.39 is 11.7 Å². The number of nitrogens with zero attached hydrogens (tertiary/aromatic N) is 4. The van der Waals surface area contributed by atoms with Crippen LogP contribution < -0.4 is 4.90 Å². The summed E-state index contributed by atoms with van der Waals surface area (Å²) in [6.07, 6.45) is 2.43. The molecule has 1 aromatic heterocycles. The zero-order valence-electron chi connectivity index (χ0n) is 16.4. The summed E-state index contributed by atoms with van der Waals surface area (Å²) >= 11 is 0. The first-order valence-electron chi connectivity index (χ1n) is 9.23. The number of carbonyl (C=O) groups excluding carboxylic acids is 1. The highest BCUT2D eigenvalue weighted by molar-refractivity contribution is 5.69. The van der Waals surface area contributed by atoms with Crippen molar-refractivity contribution in [2.45, 2.75) is 32.5 Å². The minimum atomic E-state index is -0.801. The molecule has 2 aromatic rings. The third-order valence-electron chi connectivity index (χ3n) is 4.61. The van der Waals surface area contributed by atoms with Crippen LogP contribution in [0.4, 0.5) is 10.5 Å². The van der Waals surface area contributed by atoms with Crippen LogP contribution in [0.3, 0.4) is 0 Å². The van der Waals surface area contributed by atoms with Gasteiger partial charge in [-0.2, -0.15) is 0 Å². The Bertz CT molecular complexity index is 789. The van der Waals surface area contributed by atoms with Gasteiger partial charge < -0.3 is 24.2 Å². The maximum atomic E-state index is 12.3. The molecule has 1 saturated heterocycles. The van der Waals surface area contributed by atoms with Crippen molar-refractivity contribution >= 4 is 11.8 Å². The molecule has 1 N–H and O–H groups in total. The molecule has 146 valence electrons. The molecular weight excluding hydrogens is 344 g/mol. The molecule has 1 amide bonds. The number of benzene rings is 1. The number of aryl methyl sites for hydroxylation is 1. The zero-order chi connectivity index (χ0) is 19.6. The molecule has 2 heterocycles. The molecule has 1 aliphatic rings. The summed E-state index contributed by atoms with van der Waals surface area (Å²) in [4.78, 5) is 20.5. The first-order chi connectivity index (χ1) is 12.8. The zero-order valence-corrected chi connectivity index (χ0v) is 16.4. The quantitative estimate of drug-likeness (QED) is 0.897. The van der Waals surface area contributed by atoms with Crippen LogP contribution in [0.5, 0.6) is 0 Å². The number of carbonyl (C=O) groups is 1. The van der Waals surface area contributed by atoms with Crippen molar-refractivity contribution in [3.05, 3.63) is 48.0 Å². The van der Waals surface area contributed by atoms with Gasteiger partial charge in [0.2, 0.25) is 0 Å². The number of rotatable bonds is 3. The second-order valence-corrected chi connectivity index (χ2v) is 7.81. The van der Waals surface area contributed by atoms with Crippen LogP contribution in [0.25, 0.3) is 0 Å². The topological polar surface area (TPSA) is 70.8 Å². The average Bonchev–Trinajstić information content (AvgIpc) is 3.06. The van der Waals surface area contributed by atoms with Crippen LogP contribution in [0, 0.1) is 0 Å². The van der Waals surface area contributed by atoms with Gasteiger partial charge in [0.05, 0.1) is 0 Å². The third kappa shape index (κ3) is 4.42. The van der Waals surface area contributed by atoms with Crippen molar-refractivity contribution in [1.29, 1.82) is 0 Å². The lowest BCUT2D eigenvalue weighted by Gasteiger charge is -2.37. The minimum absolute atomic E-state index is 0.275. The van der Waals surface area contributed by atoms with Crippen LogP contribution in [0.1, 0.15) is 38.3 Å². The lowest BCUT2D eigenvalue weighted by atomic mass is 10.0. The number of hydrogen-bond donors (Lipinski definition) is 1. The van der Waals surface area contributed by atoms with Crippen molar-refractivity contribution in [2.24, 2.45) is 7.05 Å². The van der Waals surface area contributed by atoms with Crippen LogP contribution in [-0.2, 0) is 11.8 Å². The highest BCUT2D eigenvalue weighted by Gasteiger charge is 2.28. The predicted molar refractivity (Wildman–Crippen MR) is 104 cm³/mol. The molecule has 0 saturated carbocycles. The molecule has 27 heavy (non-hydrogen) atoms. The molecular formula is C20H28N4O3. The summed E-state index contributed by atoms with van der Waals surface area (Å²) in [5.74, 6) is 0.606. The third-order valence-corrected chi connectivity index (χ3v) is 4.61. The minimum Gasteiger partial charge on any atom is -0.444 e. The van der Waals surface area contributed by atoms with E-state index >= 15 is 0 Å².